The number of amides is 1. The smallest absolute Gasteiger partial charge is 0.266 e. The molecule has 0 saturated heterocycles. The van der Waals surface area contributed by atoms with Gasteiger partial charge < -0.3 is 0 Å². The summed E-state index contributed by atoms with van der Waals surface area (Å²) < 4.78 is 43.7. The van der Waals surface area contributed by atoms with Crippen molar-refractivity contribution >= 4 is 32.5 Å². The van der Waals surface area contributed by atoms with Crippen molar-refractivity contribution < 1.29 is 18.0 Å². The molecule has 0 fully saturated rings. The first-order chi connectivity index (χ1) is 10.3. The average molecular weight is 390 g/mol. The maximum Gasteiger partial charge on any atom is 0.457 e. The summed E-state index contributed by atoms with van der Waals surface area (Å²) in [4.78, 5) is 12.0. The third-order valence-corrected chi connectivity index (χ3v) is 4.76. The van der Waals surface area contributed by atoms with E-state index in [1.54, 1.807) is 31.2 Å². The molecule has 0 aromatic heterocycles. The van der Waals surface area contributed by atoms with E-state index in [4.69, 9.17) is 0 Å². The largest absolute Gasteiger partial charge is 0.457 e. The van der Waals surface area contributed by atoms with Crippen LogP contribution in [0.25, 0.3) is 0 Å². The Hall–Kier alpha value is -1.47. The predicted octanol–water partition coefficient (Wildman–Crippen LogP) is 5.28. The van der Waals surface area contributed by atoms with Gasteiger partial charge in [-0.1, -0.05) is 33.6 Å². The first-order valence-corrected chi connectivity index (χ1v) is 8.14. The molecule has 1 unspecified atom stereocenters. The van der Waals surface area contributed by atoms with Crippen LogP contribution in [0.4, 0.5) is 13.2 Å². The van der Waals surface area contributed by atoms with Crippen LogP contribution >= 0.6 is 15.9 Å². The van der Waals surface area contributed by atoms with Crippen molar-refractivity contribution in [1.29, 1.82) is 0 Å². The number of alkyl halides is 3. The summed E-state index contributed by atoms with van der Waals surface area (Å²) in [6, 6.07) is 11.9. The van der Waals surface area contributed by atoms with Gasteiger partial charge in [-0.05, 0) is 43.3 Å². The lowest BCUT2D eigenvalue weighted by Gasteiger charge is -2.12. The van der Waals surface area contributed by atoms with Gasteiger partial charge in [0, 0.05) is 25.6 Å². The van der Waals surface area contributed by atoms with Crippen LogP contribution in [0, 0.1) is 6.92 Å². The second kappa shape index (κ2) is 6.75. The van der Waals surface area contributed by atoms with Crippen LogP contribution in [-0.4, -0.2) is 11.4 Å². The number of halogens is 4. The summed E-state index contributed by atoms with van der Waals surface area (Å²) in [6.45, 7) is 1.78. The highest BCUT2D eigenvalue weighted by Gasteiger charge is 2.36. The van der Waals surface area contributed by atoms with Crippen molar-refractivity contribution in [2.75, 3.05) is 0 Å². The van der Waals surface area contributed by atoms with Crippen molar-refractivity contribution in [2.24, 2.45) is 4.36 Å². The van der Waals surface area contributed by atoms with Gasteiger partial charge in [-0.15, -0.1) is 0 Å². The molecule has 116 valence electrons. The normalized spacial score (nSPS) is 13.1. The number of benzene rings is 2. The summed E-state index contributed by atoms with van der Waals surface area (Å²) in [5, 5.41) is 0. The highest BCUT2D eigenvalue weighted by Crippen LogP contribution is 2.29. The molecule has 1 amide bonds. The van der Waals surface area contributed by atoms with Gasteiger partial charge >= 0.3 is 5.51 Å². The Morgan fingerprint density at radius 3 is 2.09 bits per heavy atom. The number of carbonyl (C=O) groups is 1. The van der Waals surface area contributed by atoms with Gasteiger partial charge in [-0.3, -0.25) is 4.79 Å². The Morgan fingerprint density at radius 2 is 1.59 bits per heavy atom. The predicted molar refractivity (Wildman–Crippen MR) is 83.8 cm³/mol. The Bertz CT molecular complexity index is 709. The van der Waals surface area contributed by atoms with Crippen molar-refractivity contribution in [3.05, 3.63) is 64.1 Å². The van der Waals surface area contributed by atoms with E-state index in [2.05, 4.69) is 20.3 Å². The number of rotatable bonds is 2. The van der Waals surface area contributed by atoms with E-state index >= 15 is 0 Å². The molecule has 2 aromatic rings. The van der Waals surface area contributed by atoms with Gasteiger partial charge in [0.2, 0.25) is 0 Å². The molecule has 0 bridgehead atoms. The Balaban J connectivity index is 2.43. The van der Waals surface area contributed by atoms with Crippen LogP contribution in [0.1, 0.15) is 15.9 Å². The monoisotopic (exact) mass is 389 g/mol. The van der Waals surface area contributed by atoms with Gasteiger partial charge in [0.1, 0.15) is 0 Å². The van der Waals surface area contributed by atoms with Crippen molar-refractivity contribution in [1.82, 2.24) is 0 Å². The van der Waals surface area contributed by atoms with Crippen molar-refractivity contribution in [2.45, 2.75) is 17.3 Å². The molecule has 0 heterocycles. The maximum absolute atomic E-state index is 13.2. The third kappa shape index (κ3) is 4.27. The first kappa shape index (κ1) is 16.9. The van der Waals surface area contributed by atoms with Crippen LogP contribution in [0.3, 0.4) is 0 Å². The average Bonchev–Trinajstić information content (AvgIpc) is 2.45. The van der Waals surface area contributed by atoms with Gasteiger partial charge in [0.25, 0.3) is 5.91 Å². The molecule has 0 radical (unpaired) electrons. The van der Waals surface area contributed by atoms with E-state index in [9.17, 15) is 18.0 Å². The quantitative estimate of drug-likeness (QED) is 0.686. The summed E-state index contributed by atoms with van der Waals surface area (Å²) >= 11 is 3.20. The fraction of sp³-hybridized carbons (Fsp3) is 0.133. The number of hydrogen-bond acceptors (Lipinski definition) is 1. The topological polar surface area (TPSA) is 29.4 Å². The third-order valence-electron chi connectivity index (χ3n) is 2.73. The van der Waals surface area contributed by atoms with E-state index in [0.717, 1.165) is 10.0 Å². The molecule has 0 spiro atoms. The zero-order valence-corrected chi connectivity index (χ0v) is 13.8. The minimum absolute atomic E-state index is 0.0245. The molecule has 7 heteroatoms. The molecule has 2 aromatic carbocycles. The number of nitrogens with zero attached hydrogens (tertiary/aromatic N) is 1. The number of carbonyl (C=O) groups excluding carboxylic acids is 1. The molecule has 1 atom stereocenters. The summed E-state index contributed by atoms with van der Waals surface area (Å²) in [5.74, 6) is -0.881. The molecule has 0 saturated carbocycles. The minimum Gasteiger partial charge on any atom is -0.266 e. The standard InChI is InChI=1S/C15H11BrF3NOS/c1-10-2-8-13(9-3-10)22(15(17,18)19)20-14(21)11-4-6-12(16)7-5-11/h2-9H,1H3. The Morgan fingerprint density at radius 1 is 1.05 bits per heavy atom. The summed E-state index contributed by atoms with van der Waals surface area (Å²) in [7, 11) is -2.49. The molecular formula is C15H11BrF3NOS. The highest BCUT2D eigenvalue weighted by molar-refractivity contribution is 9.10. The second-order valence-electron chi connectivity index (χ2n) is 4.45. The number of aryl methyl sites for hydroxylation is 1. The van der Waals surface area contributed by atoms with Crippen molar-refractivity contribution in [3.8, 4) is 0 Å². The van der Waals surface area contributed by atoms with E-state index in [1.165, 1.54) is 24.3 Å². The maximum atomic E-state index is 13.2. The SMILES string of the molecule is Cc1ccc(S(=NC(=O)c2ccc(Br)cc2)C(F)(F)F)cc1. The van der Waals surface area contributed by atoms with Gasteiger partial charge in [0.05, 0.1) is 0 Å². The minimum atomic E-state index is -4.60. The highest BCUT2D eigenvalue weighted by atomic mass is 79.9. The molecule has 22 heavy (non-hydrogen) atoms. The first-order valence-electron chi connectivity index (χ1n) is 6.17. The molecule has 0 N–H and O–H groups in total. The summed E-state index contributed by atoms with van der Waals surface area (Å²) in [5.41, 5.74) is -3.63. The fourth-order valence-corrected chi connectivity index (χ4v) is 3.04. The summed E-state index contributed by atoms with van der Waals surface area (Å²) in [6.07, 6.45) is 0. The zero-order valence-electron chi connectivity index (χ0n) is 11.4. The second-order valence-corrected chi connectivity index (χ2v) is 7.05. The van der Waals surface area contributed by atoms with Crippen LogP contribution < -0.4 is 0 Å². The van der Waals surface area contributed by atoms with E-state index < -0.39 is 22.1 Å². The zero-order chi connectivity index (χ0) is 16.3. The Labute approximate surface area is 136 Å². The number of hydrogen-bond donors (Lipinski definition) is 0. The molecule has 0 aliphatic rings. The van der Waals surface area contributed by atoms with Crippen LogP contribution in [-0.2, 0) is 10.7 Å². The fourth-order valence-electron chi connectivity index (χ4n) is 1.63. The van der Waals surface area contributed by atoms with Gasteiger partial charge in [-0.2, -0.15) is 17.5 Å². The van der Waals surface area contributed by atoms with E-state index in [-0.39, 0.29) is 10.5 Å². The van der Waals surface area contributed by atoms with Crippen molar-refractivity contribution in [3.63, 3.8) is 0 Å². The molecular weight excluding hydrogens is 379 g/mol. The van der Waals surface area contributed by atoms with Crippen LogP contribution in [0.5, 0.6) is 0 Å². The lowest BCUT2D eigenvalue weighted by atomic mass is 10.2. The van der Waals surface area contributed by atoms with Gasteiger partial charge in [-0.25, -0.2) is 0 Å². The molecule has 0 aliphatic heterocycles. The van der Waals surface area contributed by atoms with E-state index in [0.29, 0.717) is 0 Å². The van der Waals surface area contributed by atoms with Crippen LogP contribution in [0.15, 0.2) is 62.3 Å². The Kier molecular flexibility index (Phi) is 5.18. The van der Waals surface area contributed by atoms with Crippen LogP contribution in [0.2, 0.25) is 0 Å². The van der Waals surface area contributed by atoms with E-state index in [1.807, 2.05) is 0 Å². The lowest BCUT2D eigenvalue weighted by Crippen LogP contribution is -2.18. The lowest BCUT2D eigenvalue weighted by molar-refractivity contribution is -0.0357. The molecule has 0 aliphatic carbocycles. The van der Waals surface area contributed by atoms with Gasteiger partial charge in [0.15, 0.2) is 0 Å². The molecule has 2 rings (SSSR count). The molecule has 2 nitrogen and oxygen atoms in total.